The van der Waals surface area contributed by atoms with Crippen molar-refractivity contribution >= 4 is 35.4 Å². The summed E-state index contributed by atoms with van der Waals surface area (Å²) in [4.78, 5) is 30.5. The highest BCUT2D eigenvalue weighted by Gasteiger charge is 2.45. The number of cyclic esters (lactones) is 1. The summed E-state index contributed by atoms with van der Waals surface area (Å²) in [6, 6.07) is 1.75. The Hall–Kier alpha value is -2.15. The second-order valence-corrected chi connectivity index (χ2v) is 5.97. The van der Waals surface area contributed by atoms with Gasteiger partial charge in [0, 0.05) is 24.7 Å². The highest BCUT2D eigenvalue weighted by Crippen LogP contribution is 2.32. The first-order chi connectivity index (χ1) is 10.5. The molecule has 23 heavy (non-hydrogen) atoms. The number of hydrogen-bond donors (Lipinski definition) is 0. The van der Waals surface area contributed by atoms with Crippen LogP contribution in [0.25, 0.3) is 11.1 Å². The van der Waals surface area contributed by atoms with Crippen molar-refractivity contribution in [2.45, 2.75) is 13.8 Å². The van der Waals surface area contributed by atoms with Gasteiger partial charge in [-0.1, -0.05) is 5.16 Å². The van der Waals surface area contributed by atoms with Gasteiger partial charge in [-0.25, -0.2) is 4.98 Å². The summed E-state index contributed by atoms with van der Waals surface area (Å²) in [5.41, 5.74) is 2.25. The van der Waals surface area contributed by atoms with Crippen molar-refractivity contribution in [2.75, 3.05) is 19.7 Å². The van der Waals surface area contributed by atoms with E-state index in [2.05, 4.69) is 10.1 Å². The lowest BCUT2D eigenvalue weighted by Crippen LogP contribution is -2.31. The summed E-state index contributed by atoms with van der Waals surface area (Å²) in [7, 11) is 0. The van der Waals surface area contributed by atoms with E-state index in [0.717, 1.165) is 0 Å². The number of fused-ring (bicyclic) bond motifs is 2. The van der Waals surface area contributed by atoms with E-state index in [1.165, 1.54) is 0 Å². The molecule has 0 saturated carbocycles. The molecule has 4 rings (SSSR count). The average molecular weight is 338 g/mol. The van der Waals surface area contributed by atoms with E-state index in [9.17, 15) is 9.59 Å². The van der Waals surface area contributed by atoms with Gasteiger partial charge in [0.05, 0.1) is 29.2 Å². The van der Waals surface area contributed by atoms with E-state index in [1.54, 1.807) is 17.9 Å². The van der Waals surface area contributed by atoms with Crippen LogP contribution in [0, 0.1) is 25.7 Å². The topological polar surface area (TPSA) is 85.5 Å². The van der Waals surface area contributed by atoms with Crippen LogP contribution in [0.15, 0.2) is 10.6 Å². The molecule has 2 fully saturated rings. The number of nitrogens with zero attached hydrogens (tertiary/aromatic N) is 3. The lowest BCUT2D eigenvalue weighted by Gasteiger charge is -2.17. The zero-order valence-corrected chi connectivity index (χ0v) is 13.6. The average Bonchev–Trinajstić information content (AvgIpc) is 3.15. The molecule has 2 atom stereocenters. The van der Waals surface area contributed by atoms with Crippen LogP contribution in [-0.4, -0.2) is 46.6 Å². The second-order valence-electron chi connectivity index (χ2n) is 5.97. The monoisotopic (exact) mass is 337 g/mol. The minimum absolute atomic E-state index is 0. The van der Waals surface area contributed by atoms with Crippen LogP contribution in [0.1, 0.15) is 21.7 Å². The molecule has 2 aromatic rings. The van der Waals surface area contributed by atoms with Crippen molar-refractivity contribution in [1.29, 1.82) is 0 Å². The van der Waals surface area contributed by atoms with Crippen molar-refractivity contribution in [3.63, 3.8) is 0 Å². The predicted octanol–water partition coefficient (Wildman–Crippen LogP) is 1.51. The summed E-state index contributed by atoms with van der Waals surface area (Å²) in [5.74, 6) is -0.383. The van der Waals surface area contributed by atoms with E-state index in [-0.39, 0.29) is 36.1 Å². The number of rotatable bonds is 1. The highest BCUT2D eigenvalue weighted by atomic mass is 35.5. The quantitative estimate of drug-likeness (QED) is 0.733. The molecular weight excluding hydrogens is 322 g/mol. The van der Waals surface area contributed by atoms with Crippen LogP contribution in [-0.2, 0) is 9.53 Å². The summed E-state index contributed by atoms with van der Waals surface area (Å²) in [6.07, 6.45) is 0. The van der Waals surface area contributed by atoms with Crippen LogP contribution in [0.3, 0.4) is 0 Å². The third-order valence-electron chi connectivity index (χ3n) is 4.45. The SMILES string of the molecule is Cc1cc(C(=O)N2C[C@@H]3COC(=O)[C@@H]3C2)c2c(C)noc2n1.Cl. The number of pyridine rings is 1. The Kier molecular flexibility index (Phi) is 3.75. The number of ether oxygens (including phenoxy) is 1. The Bertz CT molecular complexity index is 803. The van der Waals surface area contributed by atoms with E-state index >= 15 is 0 Å². The standard InChI is InChI=1S/C15H15N3O4.ClH/c1-7-3-10(12-8(2)17-22-13(12)16-7)14(19)18-4-9-6-21-15(20)11(9)5-18;/h3,9,11H,4-6H2,1-2H3;1H/t9-,11-;/m1./s1. The summed E-state index contributed by atoms with van der Waals surface area (Å²) < 4.78 is 10.2. The number of halogens is 1. The Morgan fingerprint density at radius 3 is 2.87 bits per heavy atom. The zero-order valence-electron chi connectivity index (χ0n) is 12.7. The second kappa shape index (κ2) is 5.49. The molecule has 122 valence electrons. The van der Waals surface area contributed by atoms with Crippen molar-refractivity contribution in [3.05, 3.63) is 23.0 Å². The molecule has 0 aromatic carbocycles. The fourth-order valence-electron chi connectivity index (χ4n) is 3.33. The van der Waals surface area contributed by atoms with E-state index in [0.29, 0.717) is 47.7 Å². The molecule has 8 heteroatoms. The maximum atomic E-state index is 12.9. The molecule has 0 bridgehead atoms. The van der Waals surface area contributed by atoms with Crippen molar-refractivity contribution in [3.8, 4) is 0 Å². The smallest absolute Gasteiger partial charge is 0.311 e. The molecule has 7 nitrogen and oxygen atoms in total. The van der Waals surface area contributed by atoms with Crippen molar-refractivity contribution in [2.24, 2.45) is 11.8 Å². The zero-order chi connectivity index (χ0) is 15.4. The molecule has 2 aromatic heterocycles. The molecule has 0 aliphatic carbocycles. The van der Waals surface area contributed by atoms with Crippen LogP contribution in [0.5, 0.6) is 0 Å². The van der Waals surface area contributed by atoms with E-state index in [1.807, 2.05) is 6.92 Å². The Labute approximate surface area is 138 Å². The third-order valence-corrected chi connectivity index (χ3v) is 4.45. The largest absolute Gasteiger partial charge is 0.465 e. The molecular formula is C15H16ClN3O4. The van der Waals surface area contributed by atoms with Crippen molar-refractivity contribution < 1.29 is 18.8 Å². The van der Waals surface area contributed by atoms with Gasteiger partial charge in [-0.05, 0) is 19.9 Å². The maximum Gasteiger partial charge on any atom is 0.311 e. The van der Waals surface area contributed by atoms with Gasteiger partial charge in [0.15, 0.2) is 0 Å². The van der Waals surface area contributed by atoms with Crippen LogP contribution in [0.4, 0.5) is 0 Å². The van der Waals surface area contributed by atoms with Gasteiger partial charge in [-0.3, -0.25) is 9.59 Å². The fraction of sp³-hybridized carbons (Fsp3) is 0.467. The van der Waals surface area contributed by atoms with Gasteiger partial charge in [-0.15, -0.1) is 12.4 Å². The summed E-state index contributed by atoms with van der Waals surface area (Å²) >= 11 is 0. The number of likely N-dealkylation sites (tertiary alicyclic amines) is 1. The molecule has 2 aliphatic rings. The Morgan fingerprint density at radius 1 is 1.35 bits per heavy atom. The first-order valence-electron chi connectivity index (χ1n) is 7.24. The van der Waals surface area contributed by atoms with Gasteiger partial charge in [-0.2, -0.15) is 0 Å². The van der Waals surface area contributed by atoms with Crippen molar-refractivity contribution in [1.82, 2.24) is 15.0 Å². The Morgan fingerprint density at radius 2 is 2.13 bits per heavy atom. The number of hydrogen-bond acceptors (Lipinski definition) is 6. The maximum absolute atomic E-state index is 12.9. The van der Waals surface area contributed by atoms with Gasteiger partial charge in [0.25, 0.3) is 11.6 Å². The first kappa shape index (κ1) is 15.7. The molecule has 2 aliphatic heterocycles. The molecule has 0 N–H and O–H groups in total. The number of aromatic nitrogens is 2. The predicted molar refractivity (Wildman–Crippen MR) is 82.4 cm³/mol. The number of amides is 1. The minimum atomic E-state index is -0.197. The number of carbonyl (C=O) groups is 2. The molecule has 0 spiro atoms. The van der Waals surface area contributed by atoms with Crippen LogP contribution < -0.4 is 0 Å². The molecule has 0 unspecified atom stereocenters. The van der Waals surface area contributed by atoms with E-state index in [4.69, 9.17) is 9.26 Å². The first-order valence-corrected chi connectivity index (χ1v) is 7.24. The number of esters is 1. The van der Waals surface area contributed by atoms with Gasteiger partial charge >= 0.3 is 5.97 Å². The molecule has 2 saturated heterocycles. The number of aryl methyl sites for hydroxylation is 2. The lowest BCUT2D eigenvalue weighted by molar-refractivity contribution is -0.141. The summed E-state index contributed by atoms with van der Waals surface area (Å²) in [5, 5.41) is 4.54. The third kappa shape index (κ3) is 2.35. The van der Waals surface area contributed by atoms with E-state index < -0.39 is 0 Å². The lowest BCUT2D eigenvalue weighted by atomic mass is 10.0. The molecule has 4 heterocycles. The van der Waals surface area contributed by atoms with Crippen LogP contribution in [0.2, 0.25) is 0 Å². The summed E-state index contributed by atoms with van der Waals surface area (Å²) in [6.45, 7) is 4.96. The molecule has 1 amide bonds. The normalized spacial score (nSPS) is 22.9. The van der Waals surface area contributed by atoms with Gasteiger partial charge in [0.2, 0.25) is 0 Å². The van der Waals surface area contributed by atoms with Crippen LogP contribution >= 0.6 is 12.4 Å². The van der Waals surface area contributed by atoms with Gasteiger partial charge < -0.3 is 14.2 Å². The highest BCUT2D eigenvalue weighted by molar-refractivity contribution is 6.06. The Balaban J connectivity index is 0.00000156. The van der Waals surface area contributed by atoms with Gasteiger partial charge in [0.1, 0.15) is 0 Å². The molecule has 0 radical (unpaired) electrons. The minimum Gasteiger partial charge on any atom is -0.465 e. The fourth-order valence-corrected chi connectivity index (χ4v) is 3.33. The number of carbonyl (C=O) groups excluding carboxylic acids is 2.